The molecular weight excluding hydrogens is 264 g/mol. The fourth-order valence-corrected chi connectivity index (χ4v) is 2.91. The van der Waals surface area contributed by atoms with Gasteiger partial charge in [-0.1, -0.05) is 25.1 Å². The quantitative estimate of drug-likeness (QED) is 0.759. The fraction of sp³-hybridized carbons (Fsp3) is 0.529. The Morgan fingerprint density at radius 2 is 2.05 bits per heavy atom. The molecule has 0 bridgehead atoms. The van der Waals surface area contributed by atoms with Crippen molar-refractivity contribution in [2.24, 2.45) is 5.73 Å². The van der Waals surface area contributed by atoms with Gasteiger partial charge in [-0.2, -0.15) is 0 Å². The second-order valence-electron chi connectivity index (χ2n) is 5.15. The third kappa shape index (κ3) is 3.46. The molecule has 2 rings (SSSR count). The number of aryl methyl sites for hydroxylation is 1. The van der Waals surface area contributed by atoms with E-state index in [9.17, 15) is 0 Å². The standard InChI is InChI=1S/C17H26N2O2/c1-4-19(10-11-20-5-2)15(12-18)17-13(3)21-16-9-7-6-8-14(16)17/h6-9,15H,4-5,10-12,18H2,1-3H3. The molecule has 4 heteroatoms. The number of furan rings is 1. The van der Waals surface area contributed by atoms with Crippen LogP contribution in [0.2, 0.25) is 0 Å². The molecule has 116 valence electrons. The number of nitrogens with zero attached hydrogens (tertiary/aromatic N) is 1. The van der Waals surface area contributed by atoms with Gasteiger partial charge in [0.15, 0.2) is 0 Å². The maximum atomic E-state index is 6.08. The molecule has 2 N–H and O–H groups in total. The van der Waals surface area contributed by atoms with E-state index in [-0.39, 0.29) is 6.04 Å². The van der Waals surface area contributed by atoms with E-state index in [0.717, 1.165) is 37.6 Å². The number of rotatable bonds is 8. The predicted molar refractivity (Wildman–Crippen MR) is 86.5 cm³/mol. The van der Waals surface area contributed by atoms with Gasteiger partial charge in [0, 0.05) is 30.6 Å². The number of benzene rings is 1. The van der Waals surface area contributed by atoms with Gasteiger partial charge in [-0.05, 0) is 26.5 Å². The molecule has 0 saturated carbocycles. The fourth-order valence-electron chi connectivity index (χ4n) is 2.91. The van der Waals surface area contributed by atoms with Crippen molar-refractivity contribution in [2.45, 2.75) is 26.8 Å². The minimum absolute atomic E-state index is 0.166. The molecule has 0 aliphatic carbocycles. The molecular formula is C17H26N2O2. The summed E-state index contributed by atoms with van der Waals surface area (Å²) in [6, 6.07) is 8.33. The largest absolute Gasteiger partial charge is 0.461 e. The lowest BCUT2D eigenvalue weighted by Crippen LogP contribution is -2.36. The first-order valence-corrected chi connectivity index (χ1v) is 7.72. The molecule has 0 fully saturated rings. The summed E-state index contributed by atoms with van der Waals surface area (Å²) in [6.07, 6.45) is 0. The summed E-state index contributed by atoms with van der Waals surface area (Å²) in [5.74, 6) is 0.960. The molecule has 1 atom stereocenters. The summed E-state index contributed by atoms with van der Waals surface area (Å²) >= 11 is 0. The van der Waals surface area contributed by atoms with Crippen LogP contribution in [-0.4, -0.2) is 37.7 Å². The summed E-state index contributed by atoms with van der Waals surface area (Å²) in [7, 11) is 0. The Hall–Kier alpha value is -1.36. The Balaban J connectivity index is 2.31. The van der Waals surface area contributed by atoms with E-state index < -0.39 is 0 Å². The molecule has 21 heavy (non-hydrogen) atoms. The molecule has 1 unspecified atom stereocenters. The highest BCUT2D eigenvalue weighted by Crippen LogP contribution is 2.32. The van der Waals surface area contributed by atoms with Crippen LogP contribution in [0.4, 0.5) is 0 Å². The molecule has 0 spiro atoms. The van der Waals surface area contributed by atoms with E-state index in [1.54, 1.807) is 0 Å². The van der Waals surface area contributed by atoms with Crippen LogP contribution in [0, 0.1) is 6.92 Å². The lowest BCUT2D eigenvalue weighted by Gasteiger charge is -2.29. The average Bonchev–Trinajstić information content (AvgIpc) is 2.83. The average molecular weight is 290 g/mol. The van der Waals surface area contributed by atoms with Gasteiger partial charge in [0.25, 0.3) is 0 Å². The van der Waals surface area contributed by atoms with Crippen LogP contribution in [0.15, 0.2) is 28.7 Å². The van der Waals surface area contributed by atoms with Crippen LogP contribution in [0.3, 0.4) is 0 Å². The molecule has 0 saturated heterocycles. The maximum absolute atomic E-state index is 6.08. The van der Waals surface area contributed by atoms with E-state index in [4.69, 9.17) is 14.9 Å². The van der Waals surface area contributed by atoms with Crippen LogP contribution in [0.25, 0.3) is 11.0 Å². The van der Waals surface area contributed by atoms with Crippen molar-refractivity contribution >= 4 is 11.0 Å². The number of para-hydroxylation sites is 1. The van der Waals surface area contributed by atoms with E-state index in [1.807, 2.05) is 32.0 Å². The Morgan fingerprint density at radius 3 is 2.71 bits per heavy atom. The van der Waals surface area contributed by atoms with Gasteiger partial charge in [0.05, 0.1) is 12.6 Å². The Labute approximate surface area is 126 Å². The second-order valence-corrected chi connectivity index (χ2v) is 5.15. The number of hydrogen-bond acceptors (Lipinski definition) is 4. The molecule has 2 aromatic rings. The monoisotopic (exact) mass is 290 g/mol. The molecule has 1 heterocycles. The van der Waals surface area contributed by atoms with Crippen molar-refractivity contribution < 1.29 is 9.15 Å². The van der Waals surface area contributed by atoms with Crippen LogP contribution in [0.5, 0.6) is 0 Å². The van der Waals surface area contributed by atoms with E-state index in [0.29, 0.717) is 6.54 Å². The molecule has 0 radical (unpaired) electrons. The highest BCUT2D eigenvalue weighted by molar-refractivity contribution is 5.82. The normalized spacial score (nSPS) is 13.2. The minimum Gasteiger partial charge on any atom is -0.461 e. The molecule has 0 amide bonds. The molecule has 1 aromatic heterocycles. The van der Waals surface area contributed by atoms with Gasteiger partial charge in [0.2, 0.25) is 0 Å². The first-order chi connectivity index (χ1) is 10.2. The lowest BCUT2D eigenvalue weighted by atomic mass is 10.0. The van der Waals surface area contributed by atoms with E-state index in [2.05, 4.69) is 17.9 Å². The van der Waals surface area contributed by atoms with Crippen LogP contribution < -0.4 is 5.73 Å². The van der Waals surface area contributed by atoms with Gasteiger partial charge in [-0.3, -0.25) is 4.90 Å². The summed E-state index contributed by atoms with van der Waals surface area (Å²) in [6.45, 7) is 10.1. The zero-order chi connectivity index (χ0) is 15.2. The summed E-state index contributed by atoms with van der Waals surface area (Å²) in [5.41, 5.74) is 8.23. The van der Waals surface area contributed by atoms with Gasteiger partial charge in [-0.15, -0.1) is 0 Å². The first kappa shape index (κ1) is 16.0. The number of likely N-dealkylation sites (N-methyl/N-ethyl adjacent to an activating group) is 1. The molecule has 0 aliphatic rings. The zero-order valence-corrected chi connectivity index (χ0v) is 13.3. The van der Waals surface area contributed by atoms with Crippen molar-refractivity contribution in [2.75, 3.05) is 32.8 Å². The van der Waals surface area contributed by atoms with Crippen LogP contribution >= 0.6 is 0 Å². The minimum atomic E-state index is 0.166. The first-order valence-electron chi connectivity index (χ1n) is 7.72. The topological polar surface area (TPSA) is 51.6 Å². The van der Waals surface area contributed by atoms with Crippen molar-refractivity contribution in [1.29, 1.82) is 0 Å². The molecule has 1 aromatic carbocycles. The SMILES string of the molecule is CCOCCN(CC)C(CN)c1c(C)oc2ccccc12. The van der Waals surface area contributed by atoms with Gasteiger partial charge < -0.3 is 14.9 Å². The highest BCUT2D eigenvalue weighted by Gasteiger charge is 2.24. The lowest BCUT2D eigenvalue weighted by molar-refractivity contribution is 0.0979. The van der Waals surface area contributed by atoms with Crippen LogP contribution in [0.1, 0.15) is 31.2 Å². The van der Waals surface area contributed by atoms with Crippen molar-refractivity contribution in [3.63, 3.8) is 0 Å². The Kier molecular flexibility index (Phi) is 5.79. The van der Waals surface area contributed by atoms with Gasteiger partial charge >= 0.3 is 0 Å². The summed E-state index contributed by atoms with van der Waals surface area (Å²) in [5, 5.41) is 1.17. The smallest absolute Gasteiger partial charge is 0.134 e. The maximum Gasteiger partial charge on any atom is 0.134 e. The second kappa shape index (κ2) is 7.59. The van der Waals surface area contributed by atoms with Gasteiger partial charge in [0.1, 0.15) is 11.3 Å². The summed E-state index contributed by atoms with van der Waals surface area (Å²) in [4.78, 5) is 2.36. The number of nitrogens with two attached hydrogens (primary N) is 1. The van der Waals surface area contributed by atoms with Gasteiger partial charge in [-0.25, -0.2) is 0 Å². The summed E-state index contributed by atoms with van der Waals surface area (Å²) < 4.78 is 11.4. The zero-order valence-electron chi connectivity index (χ0n) is 13.3. The van der Waals surface area contributed by atoms with Crippen molar-refractivity contribution in [1.82, 2.24) is 4.90 Å². The van der Waals surface area contributed by atoms with Crippen LogP contribution in [-0.2, 0) is 4.74 Å². The Morgan fingerprint density at radius 1 is 1.29 bits per heavy atom. The van der Waals surface area contributed by atoms with Crippen molar-refractivity contribution in [3.8, 4) is 0 Å². The Bertz CT molecular complexity index is 565. The highest BCUT2D eigenvalue weighted by atomic mass is 16.5. The van der Waals surface area contributed by atoms with E-state index >= 15 is 0 Å². The number of hydrogen-bond donors (Lipinski definition) is 1. The molecule has 4 nitrogen and oxygen atoms in total. The molecule has 0 aliphatic heterocycles. The third-order valence-corrected chi connectivity index (χ3v) is 3.95. The number of ether oxygens (including phenoxy) is 1. The van der Waals surface area contributed by atoms with Crippen molar-refractivity contribution in [3.05, 3.63) is 35.6 Å². The van der Waals surface area contributed by atoms with E-state index in [1.165, 1.54) is 10.9 Å². The number of fused-ring (bicyclic) bond motifs is 1. The third-order valence-electron chi connectivity index (χ3n) is 3.95. The predicted octanol–water partition coefficient (Wildman–Crippen LogP) is 3.10.